The zero-order valence-corrected chi connectivity index (χ0v) is 46.2. The molecule has 359 valence electrons. The van der Waals surface area contributed by atoms with Crippen LogP contribution in [0.1, 0.15) is 105 Å². The Labute approximate surface area is 438 Å². The molecule has 0 amide bonds. The number of rotatable bonds is 8. The summed E-state index contributed by atoms with van der Waals surface area (Å²) in [6.07, 6.45) is 1.85. The van der Waals surface area contributed by atoms with E-state index in [0.29, 0.717) is 0 Å². The largest absolute Gasteiger partial charge is 0.305 e. The third-order valence-corrected chi connectivity index (χ3v) is 13.9. The van der Waals surface area contributed by atoms with Gasteiger partial charge in [0.1, 0.15) is 0 Å². The van der Waals surface area contributed by atoms with E-state index in [1.165, 1.54) is 66.8 Å². The van der Waals surface area contributed by atoms with E-state index in [-0.39, 0.29) is 41.8 Å². The molecule has 8 aromatic carbocycles. The van der Waals surface area contributed by atoms with Crippen molar-refractivity contribution in [3.8, 4) is 89.1 Å². The Morgan fingerprint density at radius 2 is 0.549 bits per heavy atom. The van der Waals surface area contributed by atoms with E-state index in [2.05, 4.69) is 259 Å². The molecule has 1 aromatic heterocycles. The molecular formula is C69H68IrN-. The Morgan fingerprint density at radius 1 is 0.282 bits per heavy atom. The predicted molar refractivity (Wildman–Crippen MR) is 301 cm³/mol. The number of aromatic nitrogens is 1. The molecule has 0 atom stereocenters. The van der Waals surface area contributed by atoms with Gasteiger partial charge in [-0.25, -0.2) is 0 Å². The quantitative estimate of drug-likeness (QED) is 0.138. The first-order valence-corrected chi connectivity index (χ1v) is 25.0. The average Bonchev–Trinajstić information content (AvgIpc) is 3.35. The van der Waals surface area contributed by atoms with Gasteiger partial charge in [-0.3, -0.25) is 0 Å². The van der Waals surface area contributed by atoms with Gasteiger partial charge in [0.05, 0.1) is 0 Å². The van der Waals surface area contributed by atoms with Crippen molar-refractivity contribution >= 4 is 0 Å². The SMILES string of the molecule is CC(C)(C)c1ccc(-c2cc(-c3ccc(C(C)(C)C)cc3)cc(-c3cc(-c4cc[c-]c(-c5ccccn5)c4)cc(-c4cc(-c5ccc(C(C)(C)C)cc5)cc(-c5ccc(C(C)(C)C)cc5)c4)c3)c2)cc1.[Ir]. The first kappa shape index (κ1) is 50.9. The predicted octanol–water partition coefficient (Wildman–Crippen LogP) is 19.4. The van der Waals surface area contributed by atoms with Crippen LogP contribution >= 0.6 is 0 Å². The Kier molecular flexibility index (Phi) is 14.3. The van der Waals surface area contributed by atoms with Crippen molar-refractivity contribution in [1.82, 2.24) is 4.98 Å². The Balaban J connectivity index is 0.00000676. The van der Waals surface area contributed by atoms with Crippen LogP contribution in [-0.2, 0) is 41.8 Å². The molecule has 0 saturated heterocycles. The van der Waals surface area contributed by atoms with Crippen LogP contribution in [0.5, 0.6) is 0 Å². The second-order valence-electron chi connectivity index (χ2n) is 23.4. The number of benzene rings is 8. The molecule has 0 aliphatic carbocycles. The summed E-state index contributed by atoms with van der Waals surface area (Å²) < 4.78 is 0. The summed E-state index contributed by atoms with van der Waals surface area (Å²) in [4.78, 5) is 4.71. The minimum absolute atomic E-state index is 0. The first-order valence-electron chi connectivity index (χ1n) is 25.0. The Morgan fingerprint density at radius 3 is 0.803 bits per heavy atom. The monoisotopic (exact) mass is 1100 g/mol. The summed E-state index contributed by atoms with van der Waals surface area (Å²) in [7, 11) is 0. The fourth-order valence-electron chi connectivity index (χ4n) is 9.35. The topological polar surface area (TPSA) is 12.9 Å². The van der Waals surface area contributed by atoms with Gasteiger partial charge >= 0.3 is 0 Å². The molecular weight excluding hydrogens is 1030 g/mol. The maximum atomic E-state index is 4.71. The van der Waals surface area contributed by atoms with Crippen LogP contribution in [-0.4, -0.2) is 4.98 Å². The molecule has 2 heteroatoms. The fraction of sp³-hybridized carbons (Fsp3) is 0.232. The molecule has 9 rings (SSSR count). The van der Waals surface area contributed by atoms with Crippen LogP contribution in [0.15, 0.2) is 194 Å². The van der Waals surface area contributed by atoms with E-state index in [1.54, 1.807) is 0 Å². The number of pyridine rings is 1. The van der Waals surface area contributed by atoms with Crippen molar-refractivity contribution in [3.63, 3.8) is 0 Å². The molecule has 0 aliphatic heterocycles. The summed E-state index contributed by atoms with van der Waals surface area (Å²) in [6.45, 7) is 27.3. The third-order valence-electron chi connectivity index (χ3n) is 13.9. The van der Waals surface area contributed by atoms with Gasteiger partial charge in [-0.1, -0.05) is 192 Å². The van der Waals surface area contributed by atoms with Crippen molar-refractivity contribution < 1.29 is 20.1 Å². The van der Waals surface area contributed by atoms with Crippen LogP contribution < -0.4 is 0 Å². The molecule has 1 radical (unpaired) electrons. The number of hydrogen-bond acceptors (Lipinski definition) is 1. The molecule has 0 aliphatic rings. The molecule has 0 bridgehead atoms. The Hall–Kier alpha value is -6.44. The van der Waals surface area contributed by atoms with Gasteiger partial charge in [0.25, 0.3) is 0 Å². The number of hydrogen-bond donors (Lipinski definition) is 0. The molecule has 9 aromatic rings. The third kappa shape index (κ3) is 11.7. The molecule has 1 nitrogen and oxygen atoms in total. The van der Waals surface area contributed by atoms with Gasteiger partial charge in [-0.2, -0.15) is 0 Å². The molecule has 0 spiro atoms. The van der Waals surface area contributed by atoms with Crippen LogP contribution in [0.3, 0.4) is 0 Å². The van der Waals surface area contributed by atoms with Crippen molar-refractivity contribution in [2.75, 3.05) is 0 Å². The van der Waals surface area contributed by atoms with Crippen molar-refractivity contribution in [1.29, 1.82) is 0 Å². The summed E-state index contributed by atoms with van der Waals surface area (Å²) in [5.74, 6) is 0. The van der Waals surface area contributed by atoms with E-state index in [1.807, 2.05) is 24.4 Å². The van der Waals surface area contributed by atoms with Gasteiger partial charge in [-0.05, 0) is 183 Å². The first-order chi connectivity index (χ1) is 33.2. The summed E-state index contributed by atoms with van der Waals surface area (Å²) in [5, 5.41) is 0. The van der Waals surface area contributed by atoms with E-state index in [4.69, 9.17) is 4.98 Å². The second kappa shape index (κ2) is 20.0. The molecule has 0 fully saturated rings. The van der Waals surface area contributed by atoms with Crippen molar-refractivity contribution in [3.05, 3.63) is 223 Å². The van der Waals surface area contributed by atoms with Crippen LogP contribution in [0.4, 0.5) is 0 Å². The van der Waals surface area contributed by atoms with Gasteiger partial charge in [0.2, 0.25) is 0 Å². The number of nitrogens with zero attached hydrogens (tertiary/aromatic N) is 1. The fourth-order valence-corrected chi connectivity index (χ4v) is 9.35. The summed E-state index contributed by atoms with van der Waals surface area (Å²) in [5.41, 5.74) is 23.8. The van der Waals surface area contributed by atoms with Gasteiger partial charge < -0.3 is 4.98 Å². The van der Waals surface area contributed by atoms with Gasteiger partial charge in [0.15, 0.2) is 0 Å². The maximum absolute atomic E-state index is 4.71. The minimum Gasteiger partial charge on any atom is -0.305 e. The van der Waals surface area contributed by atoms with Crippen LogP contribution in [0, 0.1) is 6.07 Å². The van der Waals surface area contributed by atoms with Crippen molar-refractivity contribution in [2.45, 2.75) is 105 Å². The maximum Gasteiger partial charge on any atom is 0.0160 e. The van der Waals surface area contributed by atoms with E-state index < -0.39 is 0 Å². The van der Waals surface area contributed by atoms with E-state index >= 15 is 0 Å². The van der Waals surface area contributed by atoms with Gasteiger partial charge in [0, 0.05) is 26.3 Å². The summed E-state index contributed by atoms with van der Waals surface area (Å²) in [6, 6.07) is 74.1. The van der Waals surface area contributed by atoms with E-state index in [0.717, 1.165) is 44.6 Å². The van der Waals surface area contributed by atoms with Crippen molar-refractivity contribution in [2.24, 2.45) is 0 Å². The standard InChI is InChI=1S/C69H68N.Ir/c1-66(2,3)61-27-19-46(20-28-61)52-37-53(47-21-29-62(30-22-47)67(4,5)6)40-57(39-52)59-43-56(50-16-15-17-51(36-50)65-18-13-14-35-70-65)44-60(45-59)58-41-54(48-23-31-63(32-24-48)68(7,8)9)38-55(42-58)49-25-33-64(34-26-49)69(10,11)12;/h13-16,18-45H,1-12H3;/q-1;. The van der Waals surface area contributed by atoms with Gasteiger partial charge in [-0.15, -0.1) is 35.4 Å². The van der Waals surface area contributed by atoms with Crippen LogP contribution in [0.2, 0.25) is 0 Å². The zero-order chi connectivity index (χ0) is 49.6. The van der Waals surface area contributed by atoms with E-state index in [9.17, 15) is 0 Å². The average molecular weight is 1100 g/mol. The molecule has 0 saturated carbocycles. The smallest absolute Gasteiger partial charge is 0.0160 e. The second-order valence-corrected chi connectivity index (χ2v) is 23.4. The Bertz CT molecular complexity index is 2940. The zero-order valence-electron chi connectivity index (χ0n) is 43.8. The molecule has 1 heterocycles. The minimum atomic E-state index is 0. The molecule has 0 unspecified atom stereocenters. The normalized spacial score (nSPS) is 12.1. The molecule has 71 heavy (non-hydrogen) atoms. The summed E-state index contributed by atoms with van der Waals surface area (Å²) >= 11 is 0. The molecule has 0 N–H and O–H groups in total. The van der Waals surface area contributed by atoms with Crippen LogP contribution in [0.25, 0.3) is 89.1 Å².